The Labute approximate surface area is 147 Å². The molecule has 0 aromatic heterocycles. The van der Waals surface area contributed by atoms with Crippen molar-refractivity contribution in [2.45, 2.75) is 12.0 Å². The average Bonchev–Trinajstić information content (AvgIpc) is 3.00. The van der Waals surface area contributed by atoms with E-state index in [1.807, 2.05) is 24.3 Å². The molecule has 1 amide bonds. The largest absolute Gasteiger partial charge is 0.448 e. The Morgan fingerprint density at radius 2 is 1.80 bits per heavy atom. The van der Waals surface area contributed by atoms with E-state index in [2.05, 4.69) is 30.8 Å². The third-order valence-corrected chi connectivity index (χ3v) is 4.95. The molecule has 4 rings (SSSR count). The van der Waals surface area contributed by atoms with Crippen molar-refractivity contribution >= 4 is 6.09 Å². The van der Waals surface area contributed by atoms with Gasteiger partial charge in [0.25, 0.3) is 0 Å². The van der Waals surface area contributed by atoms with E-state index in [1.165, 1.54) is 22.3 Å². The number of carbonyl (C=O) groups excluding carboxylic acids is 1. The molecule has 1 aliphatic heterocycles. The lowest BCUT2D eigenvalue weighted by molar-refractivity contribution is -0.00551. The second kappa shape index (κ2) is 6.73. The summed E-state index contributed by atoms with van der Waals surface area (Å²) in [6.07, 6.45) is 1.33. The SMILES string of the molecule is C=CC1CN(C(=O)OCC2c3ccccc3-c3ccccc32)CCO1. The van der Waals surface area contributed by atoms with Gasteiger partial charge < -0.3 is 14.4 Å². The summed E-state index contributed by atoms with van der Waals surface area (Å²) in [5.74, 6) is 0.0904. The maximum atomic E-state index is 12.5. The predicted molar refractivity (Wildman–Crippen MR) is 96.6 cm³/mol. The molecule has 1 unspecified atom stereocenters. The smallest absolute Gasteiger partial charge is 0.409 e. The molecule has 0 radical (unpaired) electrons. The van der Waals surface area contributed by atoms with Gasteiger partial charge in [0.05, 0.1) is 19.3 Å². The molecule has 128 valence electrons. The van der Waals surface area contributed by atoms with Crippen LogP contribution in [0.3, 0.4) is 0 Å². The molecule has 2 aliphatic rings. The monoisotopic (exact) mass is 335 g/mol. The maximum Gasteiger partial charge on any atom is 0.409 e. The van der Waals surface area contributed by atoms with E-state index in [4.69, 9.17) is 9.47 Å². The number of hydrogen-bond donors (Lipinski definition) is 0. The second-order valence-electron chi connectivity index (χ2n) is 6.39. The number of fused-ring (bicyclic) bond motifs is 3. The Bertz CT molecular complexity index is 756. The van der Waals surface area contributed by atoms with Crippen LogP contribution in [0.2, 0.25) is 0 Å². The van der Waals surface area contributed by atoms with E-state index in [9.17, 15) is 4.79 Å². The highest BCUT2D eigenvalue weighted by molar-refractivity contribution is 5.79. The minimum absolute atomic E-state index is 0.0904. The van der Waals surface area contributed by atoms with Gasteiger partial charge in [0.1, 0.15) is 6.61 Å². The van der Waals surface area contributed by atoms with Crippen molar-refractivity contribution in [1.82, 2.24) is 4.90 Å². The van der Waals surface area contributed by atoms with E-state index >= 15 is 0 Å². The van der Waals surface area contributed by atoms with Gasteiger partial charge >= 0.3 is 6.09 Å². The van der Waals surface area contributed by atoms with Crippen LogP contribution >= 0.6 is 0 Å². The van der Waals surface area contributed by atoms with E-state index in [-0.39, 0.29) is 18.1 Å². The lowest BCUT2D eigenvalue weighted by atomic mass is 9.98. The molecule has 2 aromatic rings. The summed E-state index contributed by atoms with van der Waals surface area (Å²) in [6.45, 7) is 5.66. The molecule has 1 aliphatic carbocycles. The second-order valence-corrected chi connectivity index (χ2v) is 6.39. The zero-order valence-corrected chi connectivity index (χ0v) is 14.1. The number of hydrogen-bond acceptors (Lipinski definition) is 3. The van der Waals surface area contributed by atoms with Crippen LogP contribution in [0.15, 0.2) is 61.2 Å². The van der Waals surface area contributed by atoms with Gasteiger partial charge in [-0.25, -0.2) is 4.79 Å². The van der Waals surface area contributed by atoms with Crippen molar-refractivity contribution in [1.29, 1.82) is 0 Å². The average molecular weight is 335 g/mol. The van der Waals surface area contributed by atoms with Crippen molar-refractivity contribution in [2.24, 2.45) is 0 Å². The first-order valence-electron chi connectivity index (χ1n) is 8.62. The number of rotatable bonds is 3. The highest BCUT2D eigenvalue weighted by atomic mass is 16.6. The molecule has 4 nitrogen and oxygen atoms in total. The molecule has 1 saturated heterocycles. The summed E-state index contributed by atoms with van der Waals surface area (Å²) < 4.78 is 11.2. The Kier molecular flexibility index (Phi) is 4.28. The number of nitrogens with zero attached hydrogens (tertiary/aromatic N) is 1. The number of benzene rings is 2. The van der Waals surface area contributed by atoms with Gasteiger partial charge in [-0.1, -0.05) is 54.6 Å². The van der Waals surface area contributed by atoms with E-state index in [0.29, 0.717) is 26.3 Å². The molecule has 0 bridgehead atoms. The number of morpholine rings is 1. The molecule has 4 heteroatoms. The summed E-state index contributed by atoms with van der Waals surface area (Å²) >= 11 is 0. The van der Waals surface area contributed by atoms with Gasteiger partial charge in [0.2, 0.25) is 0 Å². The van der Waals surface area contributed by atoms with Crippen LogP contribution < -0.4 is 0 Å². The Morgan fingerprint density at radius 3 is 2.44 bits per heavy atom. The zero-order valence-electron chi connectivity index (χ0n) is 14.1. The zero-order chi connectivity index (χ0) is 17.2. The summed E-state index contributed by atoms with van der Waals surface area (Å²) in [7, 11) is 0. The van der Waals surface area contributed by atoms with Crippen molar-refractivity contribution in [3.8, 4) is 11.1 Å². The summed E-state index contributed by atoms with van der Waals surface area (Å²) in [5.41, 5.74) is 4.92. The first-order chi connectivity index (χ1) is 12.3. The van der Waals surface area contributed by atoms with E-state index in [1.54, 1.807) is 11.0 Å². The molecule has 1 atom stereocenters. The molecule has 25 heavy (non-hydrogen) atoms. The van der Waals surface area contributed by atoms with Crippen LogP contribution in [0.1, 0.15) is 17.0 Å². The van der Waals surface area contributed by atoms with Crippen LogP contribution in [0.5, 0.6) is 0 Å². The summed E-state index contributed by atoms with van der Waals surface area (Å²) in [4.78, 5) is 14.2. The molecular weight excluding hydrogens is 314 g/mol. The van der Waals surface area contributed by atoms with Gasteiger partial charge in [0.15, 0.2) is 0 Å². The number of ether oxygens (including phenoxy) is 2. The van der Waals surface area contributed by atoms with Gasteiger partial charge in [-0.2, -0.15) is 0 Å². The fourth-order valence-electron chi connectivity index (χ4n) is 3.67. The Morgan fingerprint density at radius 1 is 1.16 bits per heavy atom. The van der Waals surface area contributed by atoms with Crippen molar-refractivity contribution in [3.63, 3.8) is 0 Å². The quantitative estimate of drug-likeness (QED) is 0.801. The van der Waals surface area contributed by atoms with Gasteiger partial charge in [-0.05, 0) is 22.3 Å². The van der Waals surface area contributed by atoms with Gasteiger partial charge in [-0.15, -0.1) is 6.58 Å². The van der Waals surface area contributed by atoms with Gasteiger partial charge in [-0.3, -0.25) is 0 Å². The molecule has 2 aromatic carbocycles. The molecule has 0 spiro atoms. The first-order valence-corrected chi connectivity index (χ1v) is 8.62. The van der Waals surface area contributed by atoms with Crippen LogP contribution in [0, 0.1) is 0 Å². The summed E-state index contributed by atoms with van der Waals surface area (Å²) in [6, 6.07) is 16.7. The van der Waals surface area contributed by atoms with Crippen LogP contribution in [-0.4, -0.2) is 43.4 Å². The van der Waals surface area contributed by atoms with E-state index in [0.717, 1.165) is 0 Å². The molecular formula is C21H21NO3. The molecule has 1 heterocycles. The third kappa shape index (κ3) is 2.94. The summed E-state index contributed by atoms with van der Waals surface area (Å²) in [5, 5.41) is 0. The van der Waals surface area contributed by atoms with Crippen LogP contribution in [-0.2, 0) is 9.47 Å². The fraction of sp³-hybridized carbons (Fsp3) is 0.286. The van der Waals surface area contributed by atoms with E-state index < -0.39 is 0 Å². The van der Waals surface area contributed by atoms with Gasteiger partial charge in [0, 0.05) is 12.5 Å². The molecule has 0 saturated carbocycles. The Balaban J connectivity index is 1.49. The standard InChI is InChI=1S/C21H21NO3/c1-2-15-13-22(11-12-24-15)21(23)25-14-20-18-9-5-3-7-16(18)17-8-4-6-10-19(17)20/h2-10,15,20H,1,11-14H2. The first kappa shape index (κ1) is 15.9. The Hall–Kier alpha value is -2.59. The van der Waals surface area contributed by atoms with Crippen molar-refractivity contribution in [2.75, 3.05) is 26.3 Å². The highest BCUT2D eigenvalue weighted by Crippen LogP contribution is 2.44. The third-order valence-electron chi connectivity index (χ3n) is 4.95. The number of amides is 1. The topological polar surface area (TPSA) is 38.8 Å². The normalized spacial score (nSPS) is 19.2. The van der Waals surface area contributed by atoms with Crippen LogP contribution in [0.4, 0.5) is 4.79 Å². The van der Waals surface area contributed by atoms with Crippen molar-refractivity contribution < 1.29 is 14.3 Å². The lowest BCUT2D eigenvalue weighted by Gasteiger charge is -2.31. The van der Waals surface area contributed by atoms with Crippen molar-refractivity contribution in [3.05, 3.63) is 72.3 Å². The molecule has 1 fully saturated rings. The minimum Gasteiger partial charge on any atom is -0.448 e. The minimum atomic E-state index is -0.281. The number of carbonyl (C=O) groups is 1. The molecule has 0 N–H and O–H groups in total. The predicted octanol–water partition coefficient (Wildman–Crippen LogP) is 3.82. The lowest BCUT2D eigenvalue weighted by Crippen LogP contribution is -2.45. The van der Waals surface area contributed by atoms with Crippen LogP contribution in [0.25, 0.3) is 11.1 Å². The highest BCUT2D eigenvalue weighted by Gasteiger charge is 2.30. The fourth-order valence-corrected chi connectivity index (χ4v) is 3.67. The maximum absolute atomic E-state index is 12.5.